The van der Waals surface area contributed by atoms with Gasteiger partial charge in [-0.25, -0.2) is 0 Å². The van der Waals surface area contributed by atoms with Crippen LogP contribution in [0, 0.1) is 5.92 Å². The topological polar surface area (TPSA) is 3.24 Å². The average Bonchev–Trinajstić information content (AvgIpc) is 2.39. The number of hydrogen-bond donors (Lipinski definition) is 0. The molecule has 1 atom stereocenters. The van der Waals surface area contributed by atoms with Crippen molar-refractivity contribution in [2.45, 2.75) is 25.7 Å². The van der Waals surface area contributed by atoms with Crippen LogP contribution in [-0.4, -0.2) is 29.9 Å². The average molecular weight is 296 g/mol. The van der Waals surface area contributed by atoms with Gasteiger partial charge < -0.3 is 4.90 Å². The lowest BCUT2D eigenvalue weighted by Crippen LogP contribution is -2.36. The molecular formula is C15H22BrN. The van der Waals surface area contributed by atoms with Crippen molar-refractivity contribution in [2.75, 3.05) is 25.0 Å². The molecule has 2 rings (SSSR count). The number of nitrogens with zero attached hydrogens (tertiary/aromatic N) is 1. The zero-order valence-electron chi connectivity index (χ0n) is 10.4. The van der Waals surface area contributed by atoms with E-state index in [1.807, 2.05) is 0 Å². The Hall–Kier alpha value is -0.340. The Labute approximate surface area is 113 Å². The Morgan fingerprint density at radius 1 is 1.24 bits per heavy atom. The second kappa shape index (κ2) is 7.17. The molecule has 94 valence electrons. The summed E-state index contributed by atoms with van der Waals surface area (Å²) in [6.45, 7) is 3.83. The first-order valence-electron chi connectivity index (χ1n) is 6.70. The van der Waals surface area contributed by atoms with Crippen molar-refractivity contribution in [3.05, 3.63) is 35.9 Å². The summed E-state index contributed by atoms with van der Waals surface area (Å²) in [4.78, 5) is 2.64. The Bertz CT molecular complexity index is 310. The van der Waals surface area contributed by atoms with Crippen molar-refractivity contribution in [3.8, 4) is 0 Å². The zero-order chi connectivity index (χ0) is 11.9. The highest BCUT2D eigenvalue weighted by Crippen LogP contribution is 2.20. The predicted octanol–water partition coefficient (Wildman–Crippen LogP) is 3.73. The third-order valence-electron chi connectivity index (χ3n) is 3.68. The van der Waals surface area contributed by atoms with Crippen molar-refractivity contribution in [1.29, 1.82) is 0 Å². The molecule has 1 aromatic rings. The molecule has 0 aromatic heterocycles. The molecule has 0 aliphatic carbocycles. The minimum Gasteiger partial charge on any atom is -0.303 e. The minimum atomic E-state index is 0.916. The van der Waals surface area contributed by atoms with Gasteiger partial charge in [0.1, 0.15) is 0 Å². The highest BCUT2D eigenvalue weighted by atomic mass is 79.9. The van der Waals surface area contributed by atoms with Crippen molar-refractivity contribution < 1.29 is 0 Å². The molecule has 1 fully saturated rings. The van der Waals surface area contributed by atoms with Crippen LogP contribution in [0.15, 0.2) is 30.3 Å². The SMILES string of the molecule is BrCCC1CCCN(CCc2ccccc2)C1. The van der Waals surface area contributed by atoms with Gasteiger partial charge in [0.05, 0.1) is 0 Å². The zero-order valence-corrected chi connectivity index (χ0v) is 12.0. The highest BCUT2D eigenvalue weighted by molar-refractivity contribution is 9.09. The largest absolute Gasteiger partial charge is 0.303 e. The van der Waals surface area contributed by atoms with Crippen molar-refractivity contribution in [2.24, 2.45) is 5.92 Å². The van der Waals surface area contributed by atoms with E-state index in [-0.39, 0.29) is 0 Å². The van der Waals surface area contributed by atoms with E-state index in [4.69, 9.17) is 0 Å². The Kier molecular flexibility index (Phi) is 5.53. The van der Waals surface area contributed by atoms with Crippen LogP contribution in [0.1, 0.15) is 24.8 Å². The van der Waals surface area contributed by atoms with Gasteiger partial charge in [0.25, 0.3) is 0 Å². The van der Waals surface area contributed by atoms with E-state index < -0.39 is 0 Å². The van der Waals surface area contributed by atoms with Gasteiger partial charge in [-0.15, -0.1) is 0 Å². The van der Waals surface area contributed by atoms with Gasteiger partial charge in [-0.05, 0) is 43.7 Å². The van der Waals surface area contributed by atoms with E-state index in [0.29, 0.717) is 0 Å². The van der Waals surface area contributed by atoms with Gasteiger partial charge in [0.15, 0.2) is 0 Å². The lowest BCUT2D eigenvalue weighted by molar-refractivity contribution is 0.174. The van der Waals surface area contributed by atoms with Gasteiger partial charge in [-0.1, -0.05) is 46.3 Å². The number of alkyl halides is 1. The van der Waals surface area contributed by atoms with Crippen LogP contribution >= 0.6 is 15.9 Å². The number of rotatable bonds is 5. The maximum Gasteiger partial charge on any atom is 0.00344 e. The summed E-state index contributed by atoms with van der Waals surface area (Å²) >= 11 is 3.56. The third kappa shape index (κ3) is 4.44. The number of piperidine rings is 1. The van der Waals surface area contributed by atoms with Crippen LogP contribution in [-0.2, 0) is 6.42 Å². The van der Waals surface area contributed by atoms with Crippen LogP contribution in [0.2, 0.25) is 0 Å². The van der Waals surface area contributed by atoms with E-state index >= 15 is 0 Å². The van der Waals surface area contributed by atoms with Crippen LogP contribution in [0.5, 0.6) is 0 Å². The molecule has 1 aliphatic rings. The van der Waals surface area contributed by atoms with Gasteiger partial charge in [0, 0.05) is 18.4 Å². The predicted molar refractivity (Wildman–Crippen MR) is 77.7 cm³/mol. The minimum absolute atomic E-state index is 0.916. The molecular weight excluding hydrogens is 274 g/mol. The highest BCUT2D eigenvalue weighted by Gasteiger charge is 2.18. The second-order valence-corrected chi connectivity index (χ2v) is 5.82. The Morgan fingerprint density at radius 2 is 2.06 bits per heavy atom. The molecule has 17 heavy (non-hydrogen) atoms. The summed E-state index contributed by atoms with van der Waals surface area (Å²) < 4.78 is 0. The maximum atomic E-state index is 3.56. The molecule has 0 N–H and O–H groups in total. The normalized spacial score (nSPS) is 21.6. The van der Waals surface area contributed by atoms with Crippen molar-refractivity contribution >= 4 is 15.9 Å². The van der Waals surface area contributed by atoms with Gasteiger partial charge in [-0.2, -0.15) is 0 Å². The number of halogens is 1. The fourth-order valence-electron chi connectivity index (χ4n) is 2.68. The molecule has 0 amide bonds. The number of hydrogen-bond acceptors (Lipinski definition) is 1. The fourth-order valence-corrected chi connectivity index (χ4v) is 3.32. The molecule has 1 aliphatic heterocycles. The van der Waals surface area contributed by atoms with Crippen molar-refractivity contribution in [1.82, 2.24) is 4.90 Å². The lowest BCUT2D eigenvalue weighted by atomic mass is 9.95. The molecule has 1 heterocycles. The molecule has 1 aromatic carbocycles. The van der Waals surface area contributed by atoms with Gasteiger partial charge in [-0.3, -0.25) is 0 Å². The molecule has 1 unspecified atom stereocenters. The summed E-state index contributed by atoms with van der Waals surface area (Å²) in [6.07, 6.45) is 5.34. The number of benzene rings is 1. The fraction of sp³-hybridized carbons (Fsp3) is 0.600. The van der Waals surface area contributed by atoms with E-state index in [9.17, 15) is 0 Å². The Balaban J connectivity index is 1.75. The van der Waals surface area contributed by atoms with Gasteiger partial charge in [0.2, 0.25) is 0 Å². The van der Waals surface area contributed by atoms with Crippen LogP contribution in [0.25, 0.3) is 0 Å². The Morgan fingerprint density at radius 3 is 2.82 bits per heavy atom. The van der Waals surface area contributed by atoms with Gasteiger partial charge >= 0.3 is 0 Å². The molecule has 0 spiro atoms. The van der Waals surface area contributed by atoms with E-state index in [1.165, 1.54) is 50.9 Å². The van der Waals surface area contributed by atoms with Crippen LogP contribution in [0.4, 0.5) is 0 Å². The molecule has 2 heteroatoms. The third-order valence-corrected chi connectivity index (χ3v) is 4.14. The summed E-state index contributed by atoms with van der Waals surface area (Å²) in [5.74, 6) is 0.916. The molecule has 0 bridgehead atoms. The molecule has 1 nitrogen and oxygen atoms in total. The summed E-state index contributed by atoms with van der Waals surface area (Å²) in [7, 11) is 0. The summed E-state index contributed by atoms with van der Waals surface area (Å²) in [5.41, 5.74) is 1.47. The van der Waals surface area contributed by atoms with E-state index in [2.05, 4.69) is 51.2 Å². The van der Waals surface area contributed by atoms with Crippen molar-refractivity contribution in [3.63, 3.8) is 0 Å². The van der Waals surface area contributed by atoms with Crippen LogP contribution in [0.3, 0.4) is 0 Å². The molecule has 1 saturated heterocycles. The van der Waals surface area contributed by atoms with E-state index in [0.717, 1.165) is 11.2 Å². The lowest BCUT2D eigenvalue weighted by Gasteiger charge is -2.32. The summed E-state index contributed by atoms with van der Waals surface area (Å²) in [5, 5.41) is 1.16. The quantitative estimate of drug-likeness (QED) is 0.748. The van der Waals surface area contributed by atoms with Crippen LogP contribution < -0.4 is 0 Å². The first-order chi connectivity index (χ1) is 8.38. The summed E-state index contributed by atoms with van der Waals surface area (Å²) in [6, 6.07) is 10.8. The first kappa shape index (κ1) is 13.1. The first-order valence-corrected chi connectivity index (χ1v) is 7.83. The van der Waals surface area contributed by atoms with E-state index in [1.54, 1.807) is 0 Å². The monoisotopic (exact) mass is 295 g/mol. The maximum absolute atomic E-state index is 3.56. The second-order valence-electron chi connectivity index (χ2n) is 5.02. The standard InChI is InChI=1S/C15H22BrN/c16-10-8-15-7-4-11-17(13-15)12-9-14-5-2-1-3-6-14/h1-3,5-6,15H,4,7-13H2. The molecule has 0 saturated carbocycles. The number of likely N-dealkylation sites (tertiary alicyclic amines) is 1. The smallest absolute Gasteiger partial charge is 0.00344 e. The molecule has 0 radical (unpaired) electrons.